The maximum atomic E-state index is 13.0. The molecule has 182 valence electrons. The second-order valence-electron chi connectivity index (χ2n) is 9.08. The molecule has 34 heavy (non-hydrogen) atoms. The molecule has 2 aromatic rings. The Bertz CT molecular complexity index is 1180. The van der Waals surface area contributed by atoms with Crippen molar-refractivity contribution in [2.45, 2.75) is 36.0 Å². The average molecular weight is 486 g/mol. The third-order valence-electron chi connectivity index (χ3n) is 6.59. The second-order valence-corrected chi connectivity index (χ2v) is 11.3. The Morgan fingerprint density at radius 3 is 2.09 bits per heavy atom. The van der Waals surface area contributed by atoms with Crippen LogP contribution in [0.25, 0.3) is 11.1 Å². The van der Waals surface area contributed by atoms with Gasteiger partial charge in [-0.15, -0.1) is 0 Å². The van der Waals surface area contributed by atoms with Crippen LogP contribution >= 0.6 is 0 Å². The number of hydrogen-bond acceptors (Lipinski definition) is 6. The summed E-state index contributed by atoms with van der Waals surface area (Å²) in [5.74, 6) is -0.204. The fourth-order valence-corrected chi connectivity index (χ4v) is 5.99. The number of ether oxygens (including phenoxy) is 1. The lowest BCUT2D eigenvalue weighted by Gasteiger charge is -2.43. The molecule has 0 radical (unpaired) electrons. The normalized spacial score (nSPS) is 19.7. The number of carbonyl (C=O) groups is 2. The summed E-state index contributed by atoms with van der Waals surface area (Å²) in [5, 5.41) is -0.249. The van der Waals surface area contributed by atoms with Crippen molar-refractivity contribution in [3.05, 3.63) is 54.1 Å². The van der Waals surface area contributed by atoms with Crippen molar-refractivity contribution in [1.29, 1.82) is 0 Å². The van der Waals surface area contributed by atoms with Crippen LogP contribution in [0.15, 0.2) is 53.4 Å². The third-order valence-corrected chi connectivity index (χ3v) is 8.85. The quantitative estimate of drug-likeness (QED) is 0.693. The van der Waals surface area contributed by atoms with Gasteiger partial charge in [-0.1, -0.05) is 31.7 Å². The number of nitrogens with two attached hydrogens (primary N) is 1. The maximum absolute atomic E-state index is 13.0. The van der Waals surface area contributed by atoms with Gasteiger partial charge in [-0.3, -0.25) is 9.59 Å². The molecular weight excluding hydrogens is 454 g/mol. The first kappa shape index (κ1) is 24.4. The van der Waals surface area contributed by atoms with Crippen LogP contribution in [0.3, 0.4) is 0 Å². The Balaban J connectivity index is 0.00000274. The lowest BCUT2D eigenvalue weighted by Crippen LogP contribution is -2.68. The molecule has 3 aliphatic rings. The summed E-state index contributed by atoms with van der Waals surface area (Å²) in [7, 11) is -3.25. The van der Waals surface area contributed by atoms with Crippen LogP contribution in [0, 0.1) is 0 Å². The van der Waals surface area contributed by atoms with Gasteiger partial charge >= 0.3 is 0 Å². The molecule has 2 heterocycles. The van der Waals surface area contributed by atoms with Crippen molar-refractivity contribution in [2.75, 3.05) is 39.4 Å². The minimum Gasteiger partial charge on any atom is -0.376 e. The van der Waals surface area contributed by atoms with Crippen LogP contribution in [0.5, 0.6) is 0 Å². The Morgan fingerprint density at radius 1 is 0.912 bits per heavy atom. The number of piperazine rings is 1. The predicted molar refractivity (Wildman–Crippen MR) is 129 cm³/mol. The SMILES string of the molecule is C.NC1(C(=O)N2CCN(C(=O)c3ccc(-c4cccc(S(=O)(=O)C5CC5)c4)cc3)CC2)COC1. The van der Waals surface area contributed by atoms with E-state index in [-0.39, 0.29) is 37.7 Å². The van der Waals surface area contributed by atoms with Crippen molar-refractivity contribution < 1.29 is 22.7 Å². The van der Waals surface area contributed by atoms with Gasteiger partial charge in [0.05, 0.1) is 23.4 Å². The average Bonchev–Trinajstić information content (AvgIpc) is 3.68. The topological polar surface area (TPSA) is 110 Å². The van der Waals surface area contributed by atoms with Crippen molar-refractivity contribution in [3.8, 4) is 11.1 Å². The van der Waals surface area contributed by atoms with Crippen LogP contribution < -0.4 is 5.73 Å². The molecule has 0 atom stereocenters. The number of rotatable bonds is 5. The van der Waals surface area contributed by atoms with Crippen molar-refractivity contribution in [3.63, 3.8) is 0 Å². The molecule has 8 nitrogen and oxygen atoms in total. The minimum absolute atomic E-state index is 0. The van der Waals surface area contributed by atoms with Crippen LogP contribution in [-0.2, 0) is 19.4 Å². The van der Waals surface area contributed by atoms with Gasteiger partial charge in [0.15, 0.2) is 9.84 Å². The maximum Gasteiger partial charge on any atom is 0.253 e. The van der Waals surface area contributed by atoms with Gasteiger partial charge in [0, 0.05) is 31.7 Å². The summed E-state index contributed by atoms with van der Waals surface area (Å²) in [6, 6.07) is 14.2. The Hall–Kier alpha value is -2.75. The number of nitrogens with zero attached hydrogens (tertiary/aromatic N) is 2. The number of amides is 2. The molecule has 2 N–H and O–H groups in total. The molecule has 2 aromatic carbocycles. The summed E-state index contributed by atoms with van der Waals surface area (Å²) in [6.07, 6.45) is 1.46. The molecule has 0 bridgehead atoms. The predicted octanol–water partition coefficient (Wildman–Crippen LogP) is 1.94. The standard InChI is InChI=1S/C24H27N3O5S.CH4/c25-24(15-32-16-24)23(29)27-12-10-26(11-13-27)22(28)18-6-4-17(5-7-18)19-2-1-3-21(14-19)33(30,31)20-8-9-20;/h1-7,14,20H,8-13,15-16,25H2;1H4. The number of carbonyl (C=O) groups excluding carboxylic acids is 2. The van der Waals surface area contributed by atoms with Gasteiger partial charge < -0.3 is 20.3 Å². The smallest absolute Gasteiger partial charge is 0.253 e. The van der Waals surface area contributed by atoms with E-state index in [1.54, 1.807) is 40.1 Å². The number of hydrogen-bond donors (Lipinski definition) is 1. The van der Waals surface area contributed by atoms with Crippen molar-refractivity contribution in [2.24, 2.45) is 5.73 Å². The molecule has 2 aliphatic heterocycles. The number of sulfone groups is 1. The summed E-state index contributed by atoms with van der Waals surface area (Å²) in [5.41, 5.74) is 7.34. The van der Waals surface area contributed by atoms with E-state index in [0.29, 0.717) is 36.6 Å². The zero-order valence-corrected chi connectivity index (χ0v) is 19.1. The van der Waals surface area contributed by atoms with Gasteiger partial charge in [0.1, 0.15) is 5.54 Å². The van der Waals surface area contributed by atoms with E-state index in [9.17, 15) is 18.0 Å². The van der Waals surface area contributed by atoms with Gasteiger partial charge in [0.2, 0.25) is 5.91 Å². The Labute approximate surface area is 200 Å². The first-order valence-corrected chi connectivity index (χ1v) is 12.7. The zero-order valence-electron chi connectivity index (χ0n) is 18.3. The molecule has 0 spiro atoms. The summed E-state index contributed by atoms with van der Waals surface area (Å²) in [6.45, 7) is 2.28. The van der Waals surface area contributed by atoms with E-state index in [1.165, 1.54) is 0 Å². The fourth-order valence-electron chi connectivity index (χ4n) is 4.28. The molecule has 1 saturated carbocycles. The first-order chi connectivity index (χ1) is 15.8. The van der Waals surface area contributed by atoms with E-state index in [4.69, 9.17) is 10.5 Å². The van der Waals surface area contributed by atoms with E-state index in [1.807, 2.05) is 18.2 Å². The number of benzene rings is 2. The molecule has 3 fully saturated rings. The monoisotopic (exact) mass is 485 g/mol. The van der Waals surface area contributed by atoms with E-state index >= 15 is 0 Å². The van der Waals surface area contributed by atoms with E-state index in [0.717, 1.165) is 24.0 Å². The second kappa shape index (κ2) is 9.13. The fraction of sp³-hybridized carbons (Fsp3) is 0.440. The largest absolute Gasteiger partial charge is 0.376 e. The summed E-state index contributed by atoms with van der Waals surface area (Å²) < 4.78 is 30.2. The van der Waals surface area contributed by atoms with Gasteiger partial charge in [-0.25, -0.2) is 8.42 Å². The minimum atomic E-state index is -3.25. The van der Waals surface area contributed by atoms with Crippen molar-refractivity contribution >= 4 is 21.7 Å². The Kier molecular flexibility index (Phi) is 6.54. The molecular formula is C25H31N3O5S. The molecule has 0 aromatic heterocycles. The lowest BCUT2D eigenvalue weighted by molar-refractivity contribution is -0.155. The van der Waals surface area contributed by atoms with Gasteiger partial charge in [-0.2, -0.15) is 0 Å². The third kappa shape index (κ3) is 4.47. The molecule has 2 amide bonds. The van der Waals surface area contributed by atoms with Crippen LogP contribution in [0.1, 0.15) is 30.6 Å². The van der Waals surface area contributed by atoms with E-state index in [2.05, 4.69) is 0 Å². The van der Waals surface area contributed by atoms with Crippen LogP contribution in [0.4, 0.5) is 0 Å². The molecule has 1 aliphatic carbocycles. The Morgan fingerprint density at radius 2 is 1.53 bits per heavy atom. The lowest BCUT2D eigenvalue weighted by atomic mass is 9.96. The molecule has 2 saturated heterocycles. The van der Waals surface area contributed by atoms with Gasteiger partial charge in [-0.05, 0) is 48.2 Å². The van der Waals surface area contributed by atoms with Crippen LogP contribution in [0.2, 0.25) is 0 Å². The zero-order chi connectivity index (χ0) is 23.2. The van der Waals surface area contributed by atoms with E-state index < -0.39 is 15.4 Å². The van der Waals surface area contributed by atoms with Gasteiger partial charge in [0.25, 0.3) is 5.91 Å². The van der Waals surface area contributed by atoms with Crippen LogP contribution in [-0.4, -0.2) is 80.2 Å². The first-order valence-electron chi connectivity index (χ1n) is 11.2. The molecule has 5 rings (SSSR count). The molecule has 0 unspecified atom stereocenters. The highest BCUT2D eigenvalue weighted by molar-refractivity contribution is 7.92. The molecule has 9 heteroatoms. The van der Waals surface area contributed by atoms with Crippen molar-refractivity contribution in [1.82, 2.24) is 9.80 Å². The summed E-state index contributed by atoms with van der Waals surface area (Å²) >= 11 is 0. The highest BCUT2D eigenvalue weighted by atomic mass is 32.2. The highest BCUT2D eigenvalue weighted by Crippen LogP contribution is 2.35. The summed E-state index contributed by atoms with van der Waals surface area (Å²) in [4.78, 5) is 29.3. The highest BCUT2D eigenvalue weighted by Gasteiger charge is 2.45.